The largest absolute Gasteiger partial charge is 0.395 e. The maximum atomic E-state index is 10.8. The number of amides is 1. The van der Waals surface area contributed by atoms with Gasteiger partial charge in [0.05, 0.1) is 6.61 Å². The molecule has 3 atom stereocenters. The van der Waals surface area contributed by atoms with Crippen molar-refractivity contribution in [3.63, 3.8) is 0 Å². The van der Waals surface area contributed by atoms with E-state index in [1.165, 1.54) is 0 Å². The molecule has 0 saturated carbocycles. The first-order valence-electron chi connectivity index (χ1n) is 4.95. The smallest absolute Gasteiger partial charge is 0.209 e. The lowest BCUT2D eigenvalue weighted by Gasteiger charge is -2.25. The van der Waals surface area contributed by atoms with Crippen LogP contribution in [-0.2, 0) is 9.59 Å². The number of rotatable bonds is 9. The van der Waals surface area contributed by atoms with E-state index in [0.29, 0.717) is 6.41 Å². The normalized spacial score (nSPS) is 16.1. The fourth-order valence-corrected chi connectivity index (χ4v) is 1.16. The molecular weight excluding hydrogens is 234 g/mol. The van der Waals surface area contributed by atoms with Crippen molar-refractivity contribution in [2.75, 3.05) is 26.3 Å². The van der Waals surface area contributed by atoms with Gasteiger partial charge in [-0.15, -0.1) is 0 Å². The first-order valence-corrected chi connectivity index (χ1v) is 4.95. The molecule has 0 radical (unpaired) electrons. The highest BCUT2D eigenvalue weighted by molar-refractivity contribution is 5.84. The number of aliphatic hydroxyl groups is 5. The van der Waals surface area contributed by atoms with Crippen LogP contribution >= 0.6 is 0 Å². The van der Waals surface area contributed by atoms with E-state index < -0.39 is 30.7 Å². The summed E-state index contributed by atoms with van der Waals surface area (Å²) in [7, 11) is 0. The minimum absolute atomic E-state index is 0.0443. The monoisotopic (exact) mass is 251 g/mol. The van der Waals surface area contributed by atoms with Gasteiger partial charge in [-0.2, -0.15) is 0 Å². The maximum Gasteiger partial charge on any atom is 0.209 e. The molecule has 0 aromatic carbocycles. The van der Waals surface area contributed by atoms with Gasteiger partial charge in [-0.3, -0.25) is 9.59 Å². The molecule has 0 rings (SSSR count). The number of aliphatic hydroxyl groups excluding tert-OH is 5. The Kier molecular flexibility index (Phi) is 7.59. The highest BCUT2D eigenvalue weighted by Gasteiger charge is 2.30. The van der Waals surface area contributed by atoms with Crippen LogP contribution in [0.1, 0.15) is 0 Å². The van der Waals surface area contributed by atoms with Crippen LogP contribution in [0.4, 0.5) is 0 Å². The van der Waals surface area contributed by atoms with Crippen LogP contribution in [0.25, 0.3) is 0 Å². The molecule has 0 aliphatic carbocycles. The molecule has 0 aliphatic heterocycles. The van der Waals surface area contributed by atoms with Crippen molar-refractivity contribution in [1.82, 2.24) is 4.90 Å². The number of hydrogen-bond acceptors (Lipinski definition) is 7. The van der Waals surface area contributed by atoms with Crippen molar-refractivity contribution >= 4 is 12.2 Å². The molecule has 0 saturated heterocycles. The minimum Gasteiger partial charge on any atom is -0.395 e. The number of nitrogens with zero attached hydrogens (tertiary/aromatic N) is 1. The predicted octanol–water partition coefficient (Wildman–Crippen LogP) is -3.92. The summed E-state index contributed by atoms with van der Waals surface area (Å²) >= 11 is 0. The summed E-state index contributed by atoms with van der Waals surface area (Å²) in [5.41, 5.74) is 0. The van der Waals surface area contributed by atoms with Gasteiger partial charge >= 0.3 is 0 Å². The lowest BCUT2D eigenvalue weighted by Crippen LogP contribution is -2.48. The van der Waals surface area contributed by atoms with Gasteiger partial charge in [-0.1, -0.05) is 0 Å². The summed E-state index contributed by atoms with van der Waals surface area (Å²) in [5, 5.41) is 45.0. The second-order valence-corrected chi connectivity index (χ2v) is 3.45. The predicted molar refractivity (Wildman–Crippen MR) is 54.8 cm³/mol. The van der Waals surface area contributed by atoms with Gasteiger partial charge in [-0.25, -0.2) is 0 Å². The van der Waals surface area contributed by atoms with Gasteiger partial charge in [0.15, 0.2) is 5.78 Å². The molecule has 0 unspecified atom stereocenters. The summed E-state index contributed by atoms with van der Waals surface area (Å²) in [6.07, 6.45) is -4.93. The summed E-state index contributed by atoms with van der Waals surface area (Å²) in [6.45, 7) is -1.67. The Morgan fingerprint density at radius 2 is 1.82 bits per heavy atom. The molecule has 0 aromatic rings. The van der Waals surface area contributed by atoms with Crippen LogP contribution in [0.3, 0.4) is 0 Å². The third-order valence-corrected chi connectivity index (χ3v) is 2.16. The van der Waals surface area contributed by atoms with Crippen LogP contribution in [0.15, 0.2) is 0 Å². The molecule has 0 heterocycles. The maximum absolute atomic E-state index is 10.8. The van der Waals surface area contributed by atoms with Gasteiger partial charge in [0.25, 0.3) is 0 Å². The van der Waals surface area contributed by atoms with Crippen LogP contribution in [0.5, 0.6) is 0 Å². The van der Waals surface area contributed by atoms with Crippen LogP contribution in [0.2, 0.25) is 0 Å². The Morgan fingerprint density at radius 3 is 2.24 bits per heavy atom. The standard InChI is InChI=1S/C9H17NO7/c11-2-1-10(5-13)3-6(14)8(16)9(17)7(15)4-12/h5-6,8-9,11-12,14,16-17H,1-4H2/t6-,8+,9+/m0/s1. The van der Waals surface area contributed by atoms with Crippen molar-refractivity contribution in [1.29, 1.82) is 0 Å². The number of carbonyl (C=O) groups excluding carboxylic acids is 2. The van der Waals surface area contributed by atoms with Crippen LogP contribution < -0.4 is 0 Å². The molecular formula is C9H17NO7. The zero-order valence-electron chi connectivity index (χ0n) is 9.14. The van der Waals surface area contributed by atoms with E-state index >= 15 is 0 Å². The van der Waals surface area contributed by atoms with Gasteiger partial charge in [0, 0.05) is 13.1 Å². The highest BCUT2D eigenvalue weighted by Crippen LogP contribution is 2.03. The number of ketones is 1. The van der Waals surface area contributed by atoms with E-state index in [-0.39, 0.29) is 19.7 Å². The van der Waals surface area contributed by atoms with E-state index in [2.05, 4.69) is 0 Å². The van der Waals surface area contributed by atoms with Crippen LogP contribution in [-0.4, -0.2) is 87.2 Å². The number of Topliss-reactive ketones (excluding diaryl/α,β-unsaturated/α-hetero) is 1. The molecule has 8 heteroatoms. The zero-order chi connectivity index (χ0) is 13.4. The van der Waals surface area contributed by atoms with E-state index in [9.17, 15) is 24.9 Å². The van der Waals surface area contributed by atoms with Gasteiger partial charge in [-0.05, 0) is 0 Å². The number of hydrogen-bond donors (Lipinski definition) is 5. The third-order valence-electron chi connectivity index (χ3n) is 2.16. The van der Waals surface area contributed by atoms with E-state index in [4.69, 9.17) is 10.2 Å². The first kappa shape index (κ1) is 15.9. The van der Waals surface area contributed by atoms with Crippen molar-refractivity contribution in [2.45, 2.75) is 18.3 Å². The highest BCUT2D eigenvalue weighted by atomic mass is 16.4. The Balaban J connectivity index is 4.33. The zero-order valence-corrected chi connectivity index (χ0v) is 9.14. The van der Waals surface area contributed by atoms with Crippen molar-refractivity contribution in [3.05, 3.63) is 0 Å². The summed E-state index contributed by atoms with van der Waals surface area (Å²) in [6, 6.07) is 0. The average molecular weight is 251 g/mol. The van der Waals surface area contributed by atoms with Crippen molar-refractivity contribution in [3.8, 4) is 0 Å². The summed E-state index contributed by atoms with van der Waals surface area (Å²) in [5.74, 6) is -1.03. The molecule has 8 nitrogen and oxygen atoms in total. The minimum atomic E-state index is -1.92. The third kappa shape index (κ3) is 5.20. The summed E-state index contributed by atoms with van der Waals surface area (Å²) < 4.78 is 0. The quantitative estimate of drug-likeness (QED) is 0.264. The van der Waals surface area contributed by atoms with E-state index in [1.54, 1.807) is 0 Å². The molecule has 1 amide bonds. The molecule has 0 spiro atoms. The van der Waals surface area contributed by atoms with Gasteiger partial charge in [0.2, 0.25) is 6.41 Å². The van der Waals surface area contributed by atoms with Crippen molar-refractivity contribution in [2.24, 2.45) is 0 Å². The summed E-state index contributed by atoms with van der Waals surface area (Å²) in [4.78, 5) is 22.3. The average Bonchev–Trinajstić information content (AvgIpc) is 2.35. The molecule has 17 heavy (non-hydrogen) atoms. The van der Waals surface area contributed by atoms with Gasteiger partial charge < -0.3 is 30.4 Å². The van der Waals surface area contributed by atoms with Crippen LogP contribution in [0, 0.1) is 0 Å². The molecule has 0 bridgehead atoms. The lowest BCUT2D eigenvalue weighted by atomic mass is 10.0. The fraction of sp³-hybridized carbons (Fsp3) is 0.778. The SMILES string of the molecule is O=CN(CCO)C[C@H](O)[C@@H](O)[C@H](O)C(=O)CO. The second-order valence-electron chi connectivity index (χ2n) is 3.45. The molecule has 0 fully saturated rings. The topological polar surface area (TPSA) is 139 Å². The second kappa shape index (κ2) is 8.09. The van der Waals surface area contributed by atoms with E-state index in [0.717, 1.165) is 4.90 Å². The molecule has 5 N–H and O–H groups in total. The Bertz CT molecular complexity index is 247. The fourth-order valence-electron chi connectivity index (χ4n) is 1.16. The Hall–Kier alpha value is -1.06. The Labute approximate surface area is 97.7 Å². The molecule has 0 aromatic heterocycles. The van der Waals surface area contributed by atoms with E-state index in [1.807, 2.05) is 0 Å². The lowest BCUT2D eigenvalue weighted by molar-refractivity contribution is -0.142. The molecule has 0 aliphatic rings. The van der Waals surface area contributed by atoms with Crippen molar-refractivity contribution < 1.29 is 35.1 Å². The molecule has 100 valence electrons. The Morgan fingerprint density at radius 1 is 1.24 bits per heavy atom. The van der Waals surface area contributed by atoms with Gasteiger partial charge in [0.1, 0.15) is 24.9 Å². The number of carbonyl (C=O) groups is 2. The first-order chi connectivity index (χ1) is 7.97.